The van der Waals surface area contributed by atoms with Gasteiger partial charge in [-0.3, -0.25) is 14.4 Å². The molecular weight excluding hydrogens is 2000 g/mol. The Labute approximate surface area is 872 Å². The lowest BCUT2D eigenvalue weighted by molar-refractivity contribution is -0.146. The van der Waals surface area contributed by atoms with Gasteiger partial charge in [0.2, 0.25) is 0 Å². The van der Waals surface area contributed by atoms with E-state index < -0.39 is 22.2 Å². The number of piperazine rings is 4. The number of nitrogens with zero attached hydrogens (tertiary/aromatic N) is 7. The minimum Gasteiger partial charge on any atom is -0.461 e. The van der Waals surface area contributed by atoms with Crippen molar-refractivity contribution in [2.24, 2.45) is 11.5 Å². The number of hydrogen-bond acceptors (Lipinski definition) is 22. The van der Waals surface area contributed by atoms with Crippen LogP contribution in [-0.2, 0) is 111 Å². The fourth-order valence-corrected chi connectivity index (χ4v) is 15.7. The van der Waals surface area contributed by atoms with E-state index in [1.165, 1.54) is 16.7 Å². The SMILES string of the molecule is CC(C)(C)OC(=O)N1CCN(c2ccc(CCCC(=O)OCc3ccccc3)cc2)CC1.CC(C)(C)OC(=O)N1CCN(c2ccc(CCCC(=O)OCc3ccccc3)cc2Cl)CC1.CC(C)(C)OC(=O)N1CCN(c2ccc(CCN)cc2Cl)CC1.CC(C)(C)OC(=O)N1CCNCC1.NCCc1ccc(Br)cc1.O=C(CCCc1ccc(Br)cc1)OCc1ccccc1.O=C(Cl)OCc1ccccc1. The van der Waals surface area contributed by atoms with Crippen LogP contribution in [0.15, 0.2) is 239 Å². The summed E-state index contributed by atoms with van der Waals surface area (Å²) in [4.78, 5) is 107. The third-order valence-corrected chi connectivity index (χ3v) is 23.5. The smallest absolute Gasteiger partial charge is 0.410 e. The standard InChI is InChI=1S/C26H33ClN2O4.C26H34N2O4.C17H17BrO2.C17H26ClN3O2.C9H18N2O2.C8H10BrN.C8H7ClO2/c1-26(2,3)33-25(31)29-16-14-28(15-17-29)23-13-12-20(18-22(23)27)10-7-11-24(30)32-19-21-8-5-4-6-9-21;1-26(2,3)32-25(30)28-18-16-27(17-19-28)23-14-12-21(13-15-23)10-7-11-24(29)31-20-22-8-5-4-6-9-22;18-16-11-9-14(10-12-16)7-4-8-17(19)20-13-15-5-2-1-3-6-15;1-17(2,3)23-16(22)21-10-8-20(9-11-21)15-5-4-13(6-7-19)12-14(15)18;1-9(2,3)13-8(12)11-6-4-10-5-7-11;9-8-3-1-7(2-4-8)5-6-10;9-8(10)11-6-7-4-2-1-3-5-7/h4-6,8-9,12-13,18H,7,10-11,14-17,19H2,1-3H3;4-6,8-9,12-15H,7,10-11,16-20H2,1-3H3;1-3,5-6,9-12H,4,7-8,13H2;4-5,12H,6-11,19H2,1-3H3;10H,4-7H2,1-3H3;1-4H,5-6,10H2;1-5H,6H2. The molecule has 4 heterocycles. The quantitative estimate of drug-likeness (QED) is 0.0245. The fourth-order valence-electron chi connectivity index (χ4n) is 14.4. The highest BCUT2D eigenvalue weighted by atomic mass is 79.9. The Hall–Kier alpha value is -11.0. The number of esters is 3. The highest BCUT2D eigenvalue weighted by molar-refractivity contribution is 9.10. The van der Waals surface area contributed by atoms with E-state index in [9.17, 15) is 38.4 Å². The molecule has 5 N–H and O–H groups in total. The lowest BCUT2D eigenvalue weighted by atomic mass is 10.1. The van der Waals surface area contributed by atoms with Crippen LogP contribution in [0.3, 0.4) is 0 Å². The van der Waals surface area contributed by atoms with Crippen molar-refractivity contribution in [2.45, 2.75) is 203 Å². The van der Waals surface area contributed by atoms with E-state index in [-0.39, 0.29) is 54.5 Å². The van der Waals surface area contributed by atoms with Gasteiger partial charge in [-0.2, -0.15) is 0 Å². The molecular formula is C111H145Br2Cl3N10O16. The van der Waals surface area contributed by atoms with Crippen LogP contribution in [0.4, 0.5) is 41.0 Å². The van der Waals surface area contributed by atoms with Crippen LogP contribution in [-0.4, -0.2) is 208 Å². The number of ether oxygens (including phenoxy) is 8. The van der Waals surface area contributed by atoms with E-state index in [4.69, 9.17) is 79.4 Å². The molecule has 4 saturated heterocycles. The maximum atomic E-state index is 12.3. The van der Waals surface area contributed by atoms with Crippen molar-refractivity contribution < 1.29 is 76.3 Å². The maximum absolute atomic E-state index is 12.3. The first-order valence-electron chi connectivity index (χ1n) is 48.5. The highest BCUT2D eigenvalue weighted by Gasteiger charge is 2.31. The number of carbonyl (C=O) groups is 8. The normalized spacial score (nSPS) is 13.6. The molecule has 4 amide bonds. The zero-order chi connectivity index (χ0) is 103. The number of amides is 4. The van der Waals surface area contributed by atoms with E-state index in [2.05, 4.69) is 117 Å². The Balaban J connectivity index is 0.000000234. The molecule has 4 aliphatic heterocycles. The van der Waals surface area contributed by atoms with Crippen molar-refractivity contribution in [2.75, 3.05) is 133 Å². The number of carbonyl (C=O) groups excluding carboxylic acids is 8. The second kappa shape index (κ2) is 62.6. The van der Waals surface area contributed by atoms with Gasteiger partial charge in [-0.25, -0.2) is 24.0 Å². The molecule has 0 aliphatic carbocycles. The molecule has 0 spiro atoms. The van der Waals surface area contributed by atoms with Crippen LogP contribution in [0.5, 0.6) is 0 Å². The Morgan fingerprint density at radius 2 is 0.563 bits per heavy atom. The van der Waals surface area contributed by atoms with Crippen molar-refractivity contribution >= 4 is 131 Å². The Kier molecular flexibility index (Phi) is 52.0. The van der Waals surface area contributed by atoms with Gasteiger partial charge in [0, 0.05) is 150 Å². The summed E-state index contributed by atoms with van der Waals surface area (Å²) < 4.78 is 44.2. The molecule has 9 aromatic rings. The molecule has 0 atom stereocenters. The van der Waals surface area contributed by atoms with Gasteiger partial charge in [0.25, 0.3) is 0 Å². The summed E-state index contributed by atoms with van der Waals surface area (Å²) in [6, 6.07) is 75.5. The molecule has 9 aromatic carbocycles. The number of halogens is 5. The summed E-state index contributed by atoms with van der Waals surface area (Å²) in [5, 5.41) is 4.61. The predicted molar refractivity (Wildman–Crippen MR) is 574 cm³/mol. The maximum Gasteiger partial charge on any atom is 0.410 e. The van der Waals surface area contributed by atoms with Gasteiger partial charge < -0.3 is 89.0 Å². The van der Waals surface area contributed by atoms with E-state index in [1.54, 1.807) is 19.6 Å². The predicted octanol–water partition coefficient (Wildman–Crippen LogP) is 23.0. The molecule has 142 heavy (non-hydrogen) atoms. The number of anilines is 3. The Morgan fingerprint density at radius 1 is 0.310 bits per heavy atom. The van der Waals surface area contributed by atoms with Crippen LogP contribution in [0, 0.1) is 0 Å². The lowest BCUT2D eigenvalue weighted by Gasteiger charge is -2.37. The first-order chi connectivity index (χ1) is 67.6. The highest BCUT2D eigenvalue weighted by Crippen LogP contribution is 2.32. The average molecular weight is 2140 g/mol. The number of nitrogens with one attached hydrogen (secondary N) is 1. The average Bonchev–Trinajstić information content (AvgIpc) is 0.826. The van der Waals surface area contributed by atoms with Crippen LogP contribution in [0.25, 0.3) is 0 Å². The molecule has 770 valence electrons. The summed E-state index contributed by atoms with van der Waals surface area (Å²) in [5.41, 5.74) is 21.4. The molecule has 0 saturated carbocycles. The second-order valence-electron chi connectivity index (χ2n) is 38.2. The summed E-state index contributed by atoms with van der Waals surface area (Å²) in [5.74, 6) is -0.483. The minimum absolute atomic E-state index is 0.133. The molecule has 0 unspecified atom stereocenters. The first kappa shape index (κ1) is 118. The van der Waals surface area contributed by atoms with Crippen LogP contribution in [0.1, 0.15) is 172 Å². The summed E-state index contributed by atoms with van der Waals surface area (Å²) in [7, 11) is 0. The summed E-state index contributed by atoms with van der Waals surface area (Å²) >= 11 is 24.7. The zero-order valence-electron chi connectivity index (χ0n) is 84.5. The van der Waals surface area contributed by atoms with E-state index in [1.807, 2.05) is 253 Å². The van der Waals surface area contributed by atoms with Gasteiger partial charge in [-0.05, 0) is 258 Å². The molecule has 4 fully saturated rings. The number of rotatable bonds is 27. The van der Waals surface area contributed by atoms with Crippen molar-refractivity contribution in [3.05, 3.63) is 300 Å². The van der Waals surface area contributed by atoms with E-state index >= 15 is 0 Å². The van der Waals surface area contributed by atoms with Crippen molar-refractivity contribution in [3.8, 4) is 0 Å². The van der Waals surface area contributed by atoms with E-state index in [0.29, 0.717) is 109 Å². The number of aryl methyl sites for hydroxylation is 3. The zero-order valence-corrected chi connectivity index (χ0v) is 89.9. The third kappa shape index (κ3) is 49.4. The van der Waals surface area contributed by atoms with Crippen molar-refractivity contribution in [3.63, 3.8) is 0 Å². The largest absolute Gasteiger partial charge is 0.461 e. The van der Waals surface area contributed by atoms with Crippen LogP contribution < -0.4 is 31.5 Å². The van der Waals surface area contributed by atoms with E-state index in [0.717, 1.165) is 168 Å². The lowest BCUT2D eigenvalue weighted by Crippen LogP contribution is -2.50. The molecule has 4 aliphatic rings. The number of hydrogen-bond donors (Lipinski definition) is 3. The monoisotopic (exact) mass is 2140 g/mol. The molecule has 13 rings (SSSR count). The van der Waals surface area contributed by atoms with Gasteiger partial charge >= 0.3 is 47.7 Å². The molecule has 0 aromatic heterocycles. The van der Waals surface area contributed by atoms with Gasteiger partial charge in [0.15, 0.2) is 0 Å². The molecule has 0 bridgehead atoms. The van der Waals surface area contributed by atoms with Gasteiger partial charge in [-0.15, -0.1) is 0 Å². The minimum atomic E-state index is -0.770. The summed E-state index contributed by atoms with van der Waals surface area (Å²) in [6.45, 7) is 36.6. The van der Waals surface area contributed by atoms with Gasteiger partial charge in [0.1, 0.15) is 48.8 Å². The Morgan fingerprint density at radius 3 is 0.852 bits per heavy atom. The molecule has 31 heteroatoms. The Bertz CT molecular complexity index is 5230. The van der Waals surface area contributed by atoms with Crippen LogP contribution in [0.2, 0.25) is 10.0 Å². The van der Waals surface area contributed by atoms with Gasteiger partial charge in [0.05, 0.1) is 21.4 Å². The van der Waals surface area contributed by atoms with Crippen LogP contribution >= 0.6 is 66.7 Å². The first-order valence-corrected chi connectivity index (χ1v) is 51.2. The number of benzene rings is 9. The second-order valence-corrected chi connectivity index (χ2v) is 41.1. The molecule has 0 radical (unpaired) electrons. The summed E-state index contributed by atoms with van der Waals surface area (Å²) in [6.07, 6.45) is 6.86. The third-order valence-electron chi connectivity index (χ3n) is 21.7. The topological polar surface area (TPSA) is 297 Å². The number of nitrogens with two attached hydrogens (primary N) is 2. The fraction of sp³-hybridized carbons (Fsp3) is 0.441. The van der Waals surface area contributed by atoms with Crippen molar-refractivity contribution in [1.82, 2.24) is 24.9 Å². The van der Waals surface area contributed by atoms with Crippen molar-refractivity contribution in [1.29, 1.82) is 0 Å². The van der Waals surface area contributed by atoms with Gasteiger partial charge in [-0.1, -0.05) is 225 Å². The molecule has 26 nitrogen and oxygen atoms in total.